The number of ether oxygens (including phenoxy) is 1. The van der Waals surface area contributed by atoms with E-state index in [0.717, 1.165) is 11.4 Å². The Morgan fingerprint density at radius 2 is 1.96 bits per heavy atom. The quantitative estimate of drug-likeness (QED) is 0.621. The summed E-state index contributed by atoms with van der Waals surface area (Å²) in [4.78, 5) is 12.8. The lowest BCUT2D eigenvalue weighted by molar-refractivity contribution is -0.116. The van der Waals surface area contributed by atoms with Gasteiger partial charge < -0.3 is 19.0 Å². The van der Waals surface area contributed by atoms with Crippen LogP contribution in [0.4, 0.5) is 5.69 Å². The van der Waals surface area contributed by atoms with Crippen molar-refractivity contribution in [3.05, 3.63) is 42.7 Å². The Kier molecular flexibility index (Phi) is 5.85. The number of methoxy groups -OCH3 is 1. The fourth-order valence-corrected chi connectivity index (χ4v) is 3.53. The minimum atomic E-state index is -0.320. The van der Waals surface area contributed by atoms with Crippen molar-refractivity contribution < 1.29 is 13.9 Å². The highest BCUT2D eigenvalue weighted by atomic mass is 32.2. The molecule has 0 aliphatic heterocycles. The molecule has 7 nitrogen and oxygen atoms in total. The van der Waals surface area contributed by atoms with Crippen molar-refractivity contribution in [3.8, 4) is 17.3 Å². The van der Waals surface area contributed by atoms with Crippen LogP contribution in [0, 0.1) is 5.92 Å². The molecule has 0 saturated carbocycles. The average Bonchev–Trinajstić information content (AvgIpc) is 3.30. The van der Waals surface area contributed by atoms with Gasteiger partial charge in [-0.3, -0.25) is 4.79 Å². The van der Waals surface area contributed by atoms with Gasteiger partial charge in [-0.15, -0.1) is 10.2 Å². The third-order valence-electron chi connectivity index (χ3n) is 4.03. The van der Waals surface area contributed by atoms with Gasteiger partial charge in [0.25, 0.3) is 0 Å². The van der Waals surface area contributed by atoms with Gasteiger partial charge in [0.2, 0.25) is 5.91 Å². The highest BCUT2D eigenvalue weighted by Gasteiger charge is 2.27. The van der Waals surface area contributed by atoms with Gasteiger partial charge in [-0.2, -0.15) is 0 Å². The Morgan fingerprint density at radius 1 is 1.22 bits per heavy atom. The third-order valence-corrected chi connectivity index (χ3v) is 5.61. The van der Waals surface area contributed by atoms with Crippen LogP contribution >= 0.6 is 11.8 Å². The molecule has 2 aromatic heterocycles. The summed E-state index contributed by atoms with van der Waals surface area (Å²) in [6.07, 6.45) is 1.59. The Hall–Kier alpha value is -2.74. The standard InChI is InChI=1S/C19H22N4O3S/c1-12(2)16(18(24)20-13-7-9-14(25-4)10-8-13)27-19-22-21-17(23(19)3)15-6-5-11-26-15/h5-12,16H,1-4H3,(H,20,24). The first-order chi connectivity index (χ1) is 13.0. The SMILES string of the molecule is COc1ccc(NC(=O)C(Sc2nnc(-c3ccco3)n2C)C(C)C)cc1. The van der Waals surface area contributed by atoms with Crippen molar-refractivity contribution >= 4 is 23.4 Å². The molecule has 1 aromatic carbocycles. The van der Waals surface area contributed by atoms with Crippen molar-refractivity contribution in [2.24, 2.45) is 13.0 Å². The number of carbonyl (C=O) groups is 1. The molecule has 3 rings (SSSR count). The van der Waals surface area contributed by atoms with Gasteiger partial charge in [0, 0.05) is 12.7 Å². The zero-order valence-electron chi connectivity index (χ0n) is 15.7. The molecule has 2 heterocycles. The summed E-state index contributed by atoms with van der Waals surface area (Å²) in [5.74, 6) is 2.04. The van der Waals surface area contributed by atoms with Gasteiger partial charge in [-0.05, 0) is 42.3 Å². The van der Waals surface area contributed by atoms with Crippen LogP contribution < -0.4 is 10.1 Å². The van der Waals surface area contributed by atoms with Crippen LogP contribution in [0.5, 0.6) is 5.75 Å². The molecule has 0 bridgehead atoms. The molecule has 0 radical (unpaired) electrons. The van der Waals surface area contributed by atoms with E-state index >= 15 is 0 Å². The molecule has 0 aliphatic carbocycles. The maximum Gasteiger partial charge on any atom is 0.238 e. The Morgan fingerprint density at radius 3 is 2.56 bits per heavy atom. The molecule has 3 aromatic rings. The van der Waals surface area contributed by atoms with E-state index in [-0.39, 0.29) is 17.1 Å². The predicted octanol–water partition coefficient (Wildman–Crippen LogP) is 3.84. The minimum Gasteiger partial charge on any atom is -0.497 e. The molecule has 1 N–H and O–H groups in total. The normalized spacial score (nSPS) is 12.2. The van der Waals surface area contributed by atoms with Crippen molar-refractivity contribution in [3.63, 3.8) is 0 Å². The topological polar surface area (TPSA) is 82.2 Å². The van der Waals surface area contributed by atoms with Crippen molar-refractivity contribution in [2.75, 3.05) is 12.4 Å². The van der Waals surface area contributed by atoms with Gasteiger partial charge in [0.15, 0.2) is 16.7 Å². The lowest BCUT2D eigenvalue weighted by Gasteiger charge is -2.19. The lowest BCUT2D eigenvalue weighted by atomic mass is 10.1. The van der Waals surface area contributed by atoms with Gasteiger partial charge in [-0.1, -0.05) is 25.6 Å². The van der Waals surface area contributed by atoms with Crippen LogP contribution in [0.25, 0.3) is 11.6 Å². The predicted molar refractivity (Wildman–Crippen MR) is 105 cm³/mol. The number of nitrogens with one attached hydrogen (secondary N) is 1. The number of rotatable bonds is 7. The monoisotopic (exact) mass is 386 g/mol. The average molecular weight is 386 g/mol. The molecule has 1 unspecified atom stereocenters. The Bertz CT molecular complexity index is 888. The fourth-order valence-electron chi connectivity index (χ4n) is 2.53. The summed E-state index contributed by atoms with van der Waals surface area (Å²) in [6, 6.07) is 10.9. The molecule has 1 atom stereocenters. The molecule has 27 heavy (non-hydrogen) atoms. The number of nitrogens with zero attached hydrogens (tertiary/aromatic N) is 3. The first-order valence-electron chi connectivity index (χ1n) is 8.54. The lowest BCUT2D eigenvalue weighted by Crippen LogP contribution is -2.30. The van der Waals surface area contributed by atoms with Crippen LogP contribution in [-0.4, -0.2) is 33.0 Å². The number of hydrogen-bond acceptors (Lipinski definition) is 6. The smallest absolute Gasteiger partial charge is 0.238 e. The fraction of sp³-hybridized carbons (Fsp3) is 0.316. The highest BCUT2D eigenvalue weighted by Crippen LogP contribution is 2.30. The highest BCUT2D eigenvalue weighted by molar-refractivity contribution is 8.00. The molecule has 8 heteroatoms. The van der Waals surface area contributed by atoms with E-state index in [4.69, 9.17) is 9.15 Å². The van der Waals surface area contributed by atoms with E-state index in [9.17, 15) is 4.79 Å². The molecule has 0 aliphatic rings. The molecule has 0 saturated heterocycles. The summed E-state index contributed by atoms with van der Waals surface area (Å²) in [5, 5.41) is 11.7. The number of benzene rings is 1. The summed E-state index contributed by atoms with van der Waals surface area (Å²) in [7, 11) is 3.47. The zero-order chi connectivity index (χ0) is 19.4. The van der Waals surface area contributed by atoms with Crippen molar-refractivity contribution in [2.45, 2.75) is 24.3 Å². The van der Waals surface area contributed by atoms with Crippen LogP contribution in [0.15, 0.2) is 52.2 Å². The summed E-state index contributed by atoms with van der Waals surface area (Å²) in [5.41, 5.74) is 0.723. The second-order valence-electron chi connectivity index (χ2n) is 6.34. The summed E-state index contributed by atoms with van der Waals surface area (Å²) in [6.45, 7) is 4.02. The van der Waals surface area contributed by atoms with Crippen molar-refractivity contribution in [1.29, 1.82) is 0 Å². The van der Waals surface area contributed by atoms with E-state index in [1.165, 1.54) is 11.8 Å². The molecule has 1 amide bonds. The summed E-state index contributed by atoms with van der Waals surface area (Å²) >= 11 is 1.39. The minimum absolute atomic E-state index is 0.0808. The third kappa shape index (κ3) is 4.33. The van der Waals surface area contributed by atoms with Crippen LogP contribution in [0.2, 0.25) is 0 Å². The molecule has 142 valence electrons. The maximum atomic E-state index is 12.8. The molecular formula is C19H22N4O3S. The molecule has 0 fully saturated rings. The number of aromatic nitrogens is 3. The van der Waals surface area contributed by atoms with E-state index in [1.54, 1.807) is 19.4 Å². The van der Waals surface area contributed by atoms with E-state index in [2.05, 4.69) is 15.5 Å². The van der Waals surface area contributed by atoms with E-state index in [1.807, 2.05) is 55.8 Å². The molecular weight excluding hydrogens is 364 g/mol. The number of carbonyl (C=O) groups excluding carboxylic acids is 1. The first kappa shape index (κ1) is 19.0. The zero-order valence-corrected chi connectivity index (χ0v) is 16.5. The van der Waals surface area contributed by atoms with Crippen LogP contribution in [-0.2, 0) is 11.8 Å². The number of thioether (sulfide) groups is 1. The number of amides is 1. The van der Waals surface area contributed by atoms with E-state index < -0.39 is 0 Å². The van der Waals surface area contributed by atoms with Crippen LogP contribution in [0.3, 0.4) is 0 Å². The number of hydrogen-bond donors (Lipinski definition) is 1. The van der Waals surface area contributed by atoms with Gasteiger partial charge in [0.05, 0.1) is 18.6 Å². The van der Waals surface area contributed by atoms with Gasteiger partial charge in [0.1, 0.15) is 5.75 Å². The Balaban J connectivity index is 1.74. The van der Waals surface area contributed by atoms with Crippen LogP contribution in [0.1, 0.15) is 13.8 Å². The largest absolute Gasteiger partial charge is 0.497 e. The Labute approximate surface area is 162 Å². The van der Waals surface area contributed by atoms with Crippen molar-refractivity contribution in [1.82, 2.24) is 14.8 Å². The van der Waals surface area contributed by atoms with Gasteiger partial charge >= 0.3 is 0 Å². The second-order valence-corrected chi connectivity index (χ2v) is 7.45. The first-order valence-corrected chi connectivity index (χ1v) is 9.42. The van der Waals surface area contributed by atoms with Gasteiger partial charge in [-0.25, -0.2) is 0 Å². The maximum absolute atomic E-state index is 12.8. The second kappa shape index (κ2) is 8.30. The number of furan rings is 1. The van der Waals surface area contributed by atoms with E-state index in [0.29, 0.717) is 16.7 Å². The number of anilines is 1. The summed E-state index contributed by atoms with van der Waals surface area (Å²) < 4.78 is 12.4. The molecule has 0 spiro atoms.